The van der Waals surface area contributed by atoms with Gasteiger partial charge in [-0.2, -0.15) is 0 Å². The van der Waals surface area contributed by atoms with Crippen molar-refractivity contribution in [3.63, 3.8) is 0 Å². The molecule has 0 bridgehead atoms. The maximum atomic E-state index is 12.0. The summed E-state index contributed by atoms with van der Waals surface area (Å²) in [7, 11) is 3.49. The number of nitrogens with one attached hydrogen (secondary N) is 2. The Morgan fingerprint density at radius 3 is 2.20 bits per heavy atom. The first-order valence-electron chi connectivity index (χ1n) is 8.21. The molecule has 0 atom stereocenters. The van der Waals surface area contributed by atoms with E-state index in [0.29, 0.717) is 13.1 Å². The van der Waals surface area contributed by atoms with Crippen molar-refractivity contribution in [1.29, 1.82) is 0 Å². The van der Waals surface area contributed by atoms with Crippen LogP contribution in [-0.2, 0) is 17.8 Å². The highest BCUT2D eigenvalue weighted by molar-refractivity contribution is 14.0. The minimum Gasteiger partial charge on any atom is -0.444 e. The molecule has 1 rings (SSSR count). The van der Waals surface area contributed by atoms with Crippen LogP contribution >= 0.6 is 24.0 Å². The number of rotatable bonds is 5. The molecule has 0 aliphatic carbocycles. The van der Waals surface area contributed by atoms with Crippen molar-refractivity contribution >= 4 is 36.0 Å². The van der Waals surface area contributed by atoms with Gasteiger partial charge in [-0.1, -0.05) is 24.3 Å². The number of aliphatic imine (C=N–C) groups is 1. The number of ether oxygens (including phenoxy) is 1. The van der Waals surface area contributed by atoms with E-state index >= 15 is 0 Å². The molecule has 1 amide bonds. The van der Waals surface area contributed by atoms with Gasteiger partial charge < -0.3 is 20.3 Å². The van der Waals surface area contributed by atoms with Crippen molar-refractivity contribution in [2.45, 2.75) is 46.4 Å². The maximum absolute atomic E-state index is 12.0. The molecule has 0 aliphatic heterocycles. The van der Waals surface area contributed by atoms with E-state index in [2.05, 4.69) is 15.6 Å². The van der Waals surface area contributed by atoms with E-state index in [1.54, 1.807) is 19.0 Å². The highest BCUT2D eigenvalue weighted by Gasteiger charge is 2.19. The minimum atomic E-state index is -0.480. The van der Waals surface area contributed by atoms with E-state index < -0.39 is 5.60 Å². The highest BCUT2D eigenvalue weighted by Crippen LogP contribution is 2.12. The van der Waals surface area contributed by atoms with E-state index in [1.165, 1.54) is 0 Å². The van der Waals surface area contributed by atoms with Gasteiger partial charge in [0.15, 0.2) is 5.96 Å². The van der Waals surface area contributed by atoms with Crippen molar-refractivity contribution < 1.29 is 9.53 Å². The van der Waals surface area contributed by atoms with Gasteiger partial charge in [-0.25, -0.2) is 4.79 Å². The Kier molecular flexibility index (Phi) is 10.5. The number of carbonyl (C=O) groups is 1. The van der Waals surface area contributed by atoms with Gasteiger partial charge in [-0.15, -0.1) is 24.0 Å². The van der Waals surface area contributed by atoms with Gasteiger partial charge in [0.2, 0.25) is 0 Å². The largest absolute Gasteiger partial charge is 0.444 e. The highest BCUT2D eigenvalue weighted by atomic mass is 127. The Labute approximate surface area is 168 Å². The third kappa shape index (κ3) is 9.52. The van der Waals surface area contributed by atoms with Crippen LogP contribution < -0.4 is 10.6 Å². The van der Waals surface area contributed by atoms with Crippen LogP contribution in [0.2, 0.25) is 0 Å². The average Bonchev–Trinajstić information content (AvgIpc) is 2.51. The van der Waals surface area contributed by atoms with Crippen molar-refractivity contribution in [2.24, 2.45) is 4.99 Å². The van der Waals surface area contributed by atoms with Gasteiger partial charge in [0.25, 0.3) is 0 Å². The monoisotopic (exact) mass is 462 g/mol. The second-order valence-corrected chi connectivity index (χ2v) is 6.61. The first-order chi connectivity index (χ1) is 11.2. The normalized spacial score (nSPS) is 11.4. The number of amides is 1. The van der Waals surface area contributed by atoms with Crippen molar-refractivity contribution in [1.82, 2.24) is 15.5 Å². The first kappa shape index (κ1) is 23.5. The fourth-order valence-electron chi connectivity index (χ4n) is 2.01. The summed E-state index contributed by atoms with van der Waals surface area (Å²) in [5.74, 6) is 0.784. The molecule has 25 heavy (non-hydrogen) atoms. The molecule has 1 aromatic carbocycles. The summed E-state index contributed by atoms with van der Waals surface area (Å²) >= 11 is 0. The summed E-state index contributed by atoms with van der Waals surface area (Å²) in [5, 5.41) is 6.40. The minimum absolute atomic E-state index is 0. The SMILES string of the molecule is CCNC(=NC)NCc1ccc(CN(C)C(=O)OC(C)(C)C)cc1.I. The summed E-state index contributed by atoms with van der Waals surface area (Å²) in [5.41, 5.74) is 1.73. The average molecular weight is 462 g/mol. The third-order valence-electron chi connectivity index (χ3n) is 3.18. The summed E-state index contributed by atoms with van der Waals surface area (Å²) in [4.78, 5) is 17.7. The van der Waals surface area contributed by atoms with E-state index in [1.807, 2.05) is 52.0 Å². The van der Waals surface area contributed by atoms with Crippen LogP contribution in [0.25, 0.3) is 0 Å². The fourth-order valence-corrected chi connectivity index (χ4v) is 2.01. The van der Waals surface area contributed by atoms with Crippen molar-refractivity contribution in [3.8, 4) is 0 Å². The fraction of sp³-hybridized carbons (Fsp3) is 0.556. The zero-order chi connectivity index (χ0) is 18.2. The number of hydrogen-bond acceptors (Lipinski definition) is 3. The van der Waals surface area contributed by atoms with Crippen LogP contribution in [0.3, 0.4) is 0 Å². The molecule has 142 valence electrons. The zero-order valence-corrected chi connectivity index (χ0v) is 18.4. The van der Waals surface area contributed by atoms with Crippen molar-refractivity contribution in [3.05, 3.63) is 35.4 Å². The molecule has 0 aliphatic rings. The molecule has 7 heteroatoms. The van der Waals surface area contributed by atoms with E-state index in [9.17, 15) is 4.79 Å². The molecular weight excluding hydrogens is 431 g/mol. The number of guanidine groups is 1. The maximum Gasteiger partial charge on any atom is 0.410 e. The zero-order valence-electron chi connectivity index (χ0n) is 16.0. The Bertz CT molecular complexity index is 553. The van der Waals surface area contributed by atoms with E-state index in [0.717, 1.165) is 23.6 Å². The summed E-state index contributed by atoms with van der Waals surface area (Å²) in [6.45, 7) is 9.66. The first-order valence-corrected chi connectivity index (χ1v) is 8.21. The van der Waals surface area contributed by atoms with Crippen LogP contribution in [0.1, 0.15) is 38.8 Å². The Hall–Kier alpha value is -1.51. The molecule has 0 fully saturated rings. The lowest BCUT2D eigenvalue weighted by Crippen LogP contribution is -2.36. The van der Waals surface area contributed by atoms with Gasteiger partial charge in [-0.3, -0.25) is 4.99 Å². The van der Waals surface area contributed by atoms with Crippen LogP contribution in [0.4, 0.5) is 4.79 Å². The second kappa shape index (κ2) is 11.2. The predicted octanol–water partition coefficient (Wildman–Crippen LogP) is 3.36. The molecule has 0 unspecified atom stereocenters. The van der Waals surface area contributed by atoms with Gasteiger partial charge in [0.05, 0.1) is 0 Å². The van der Waals surface area contributed by atoms with E-state index in [-0.39, 0.29) is 30.1 Å². The molecule has 0 radical (unpaired) electrons. The van der Waals surface area contributed by atoms with E-state index in [4.69, 9.17) is 4.74 Å². The Morgan fingerprint density at radius 1 is 1.16 bits per heavy atom. The lowest BCUT2D eigenvalue weighted by Gasteiger charge is -2.24. The molecule has 6 nitrogen and oxygen atoms in total. The number of carbonyl (C=O) groups excluding carboxylic acids is 1. The number of benzene rings is 1. The van der Waals surface area contributed by atoms with Gasteiger partial charge >= 0.3 is 6.09 Å². The summed E-state index contributed by atoms with van der Waals surface area (Å²) in [6.07, 6.45) is -0.317. The van der Waals surface area contributed by atoms with Crippen LogP contribution in [-0.4, -0.2) is 43.2 Å². The van der Waals surface area contributed by atoms with Crippen LogP contribution in [0.5, 0.6) is 0 Å². The molecule has 0 spiro atoms. The topological polar surface area (TPSA) is 66.0 Å². The molecule has 0 saturated heterocycles. The van der Waals surface area contributed by atoms with Gasteiger partial charge in [0, 0.05) is 33.7 Å². The third-order valence-corrected chi connectivity index (χ3v) is 3.18. The molecule has 1 aromatic rings. The summed E-state index contributed by atoms with van der Waals surface area (Å²) in [6, 6.07) is 8.14. The standard InChI is InChI=1S/C18H30N4O2.HI/c1-7-20-16(19-5)21-12-14-8-10-15(11-9-14)13-22(6)17(23)24-18(2,3)4;/h8-11H,7,12-13H2,1-6H3,(H2,19,20,21);1H. The molecular formula is C18H31IN4O2. The van der Waals surface area contributed by atoms with Crippen molar-refractivity contribution in [2.75, 3.05) is 20.6 Å². The predicted molar refractivity (Wildman–Crippen MR) is 113 cm³/mol. The molecule has 0 saturated carbocycles. The molecule has 0 heterocycles. The lowest BCUT2D eigenvalue weighted by atomic mass is 10.1. The number of hydrogen-bond donors (Lipinski definition) is 2. The Morgan fingerprint density at radius 2 is 1.72 bits per heavy atom. The van der Waals surface area contributed by atoms with Gasteiger partial charge in [-0.05, 0) is 38.8 Å². The smallest absolute Gasteiger partial charge is 0.410 e. The lowest BCUT2D eigenvalue weighted by molar-refractivity contribution is 0.0285. The van der Waals surface area contributed by atoms with Crippen LogP contribution in [0, 0.1) is 0 Å². The second-order valence-electron chi connectivity index (χ2n) is 6.61. The molecule has 0 aromatic heterocycles. The van der Waals surface area contributed by atoms with Crippen LogP contribution in [0.15, 0.2) is 29.3 Å². The number of halogens is 1. The molecule has 2 N–H and O–H groups in total. The number of nitrogens with zero attached hydrogens (tertiary/aromatic N) is 2. The summed E-state index contributed by atoms with van der Waals surface area (Å²) < 4.78 is 5.35. The van der Waals surface area contributed by atoms with Gasteiger partial charge in [0.1, 0.15) is 5.60 Å². The quantitative estimate of drug-likeness (QED) is 0.400. The Balaban J connectivity index is 0.00000576.